The molecule has 2 rings (SSSR count). The van der Waals surface area contributed by atoms with Crippen molar-refractivity contribution in [3.05, 3.63) is 59.7 Å². The predicted molar refractivity (Wildman–Crippen MR) is 98.0 cm³/mol. The van der Waals surface area contributed by atoms with Gasteiger partial charge >= 0.3 is 0 Å². The highest BCUT2D eigenvalue weighted by atomic mass is 16.5. The van der Waals surface area contributed by atoms with Gasteiger partial charge in [0.1, 0.15) is 5.75 Å². The van der Waals surface area contributed by atoms with Crippen molar-refractivity contribution in [2.45, 2.75) is 13.5 Å². The Bertz CT molecular complexity index is 740. The first-order chi connectivity index (χ1) is 12.2. The highest BCUT2D eigenvalue weighted by molar-refractivity contribution is 5.77. The maximum Gasteiger partial charge on any atom is 0.258 e. The van der Waals surface area contributed by atoms with Crippen LogP contribution in [0, 0.1) is 0 Å². The number of carbonyl (C=O) groups is 1. The third-order valence-electron chi connectivity index (χ3n) is 3.57. The van der Waals surface area contributed by atoms with Gasteiger partial charge in [0.15, 0.2) is 18.1 Å². The number of para-hydroxylation sites is 1. The molecule has 0 saturated heterocycles. The molecule has 1 N–H and O–H groups in total. The summed E-state index contributed by atoms with van der Waals surface area (Å²) in [4.78, 5) is 12.0. The maximum atomic E-state index is 12.0. The second kappa shape index (κ2) is 9.37. The van der Waals surface area contributed by atoms with Gasteiger partial charge in [-0.1, -0.05) is 36.4 Å². The lowest BCUT2D eigenvalue weighted by Crippen LogP contribution is -2.28. The molecule has 0 unspecified atom stereocenters. The van der Waals surface area contributed by atoms with E-state index >= 15 is 0 Å². The summed E-state index contributed by atoms with van der Waals surface area (Å²) in [6.07, 6.45) is 3.91. The number of carbonyl (C=O) groups excluding carboxylic acids is 1. The summed E-state index contributed by atoms with van der Waals surface area (Å²) in [6.45, 7) is 2.24. The van der Waals surface area contributed by atoms with Gasteiger partial charge in [0.05, 0.1) is 14.2 Å². The number of benzene rings is 2. The van der Waals surface area contributed by atoms with Gasteiger partial charge in [-0.05, 0) is 30.7 Å². The van der Waals surface area contributed by atoms with Crippen molar-refractivity contribution in [2.75, 3.05) is 20.8 Å². The Balaban J connectivity index is 1.91. The summed E-state index contributed by atoms with van der Waals surface area (Å²) in [6, 6.07) is 13.1. The van der Waals surface area contributed by atoms with Crippen molar-refractivity contribution in [1.82, 2.24) is 5.32 Å². The zero-order chi connectivity index (χ0) is 18.1. The smallest absolute Gasteiger partial charge is 0.258 e. The van der Waals surface area contributed by atoms with Crippen LogP contribution in [0.1, 0.15) is 18.1 Å². The van der Waals surface area contributed by atoms with Gasteiger partial charge in [-0.25, -0.2) is 0 Å². The molecule has 5 heteroatoms. The van der Waals surface area contributed by atoms with E-state index in [0.29, 0.717) is 18.0 Å². The Morgan fingerprint density at radius 1 is 1.04 bits per heavy atom. The summed E-state index contributed by atoms with van der Waals surface area (Å²) in [5.74, 6) is 1.65. The van der Waals surface area contributed by atoms with Crippen LogP contribution in [0.2, 0.25) is 0 Å². The number of hydrogen-bond acceptors (Lipinski definition) is 4. The van der Waals surface area contributed by atoms with Crippen LogP contribution in [0.5, 0.6) is 17.2 Å². The molecule has 2 aromatic rings. The number of amides is 1. The monoisotopic (exact) mass is 341 g/mol. The van der Waals surface area contributed by atoms with Crippen LogP contribution < -0.4 is 19.5 Å². The van der Waals surface area contributed by atoms with E-state index in [4.69, 9.17) is 14.2 Å². The van der Waals surface area contributed by atoms with Crippen LogP contribution in [-0.2, 0) is 11.3 Å². The van der Waals surface area contributed by atoms with Crippen LogP contribution in [0.15, 0.2) is 48.5 Å². The van der Waals surface area contributed by atoms with Crippen molar-refractivity contribution < 1.29 is 19.0 Å². The van der Waals surface area contributed by atoms with Gasteiger partial charge in [-0.2, -0.15) is 0 Å². The Morgan fingerprint density at radius 3 is 2.52 bits per heavy atom. The summed E-state index contributed by atoms with van der Waals surface area (Å²) in [7, 11) is 3.18. The van der Waals surface area contributed by atoms with Crippen molar-refractivity contribution in [3.8, 4) is 17.2 Å². The van der Waals surface area contributed by atoms with Crippen molar-refractivity contribution in [1.29, 1.82) is 0 Å². The lowest BCUT2D eigenvalue weighted by Gasteiger charge is -2.12. The molecule has 1 amide bonds. The topological polar surface area (TPSA) is 56.8 Å². The standard InChI is InChI=1S/C20H23NO4/c1-4-7-15-10-11-18(19(12-15)24-3)25-14-20(22)21-13-16-8-5-6-9-17(16)23-2/h4-12H,13-14H2,1-3H3,(H,21,22)/b7-4+. The SMILES string of the molecule is C/C=C/c1ccc(OCC(=O)NCc2ccccc2OC)c(OC)c1. The van der Waals surface area contributed by atoms with Crippen molar-refractivity contribution in [2.24, 2.45) is 0 Å². The number of allylic oxidation sites excluding steroid dienone is 1. The predicted octanol–water partition coefficient (Wildman–Crippen LogP) is 3.43. The molecule has 2 aromatic carbocycles. The van der Waals surface area contributed by atoms with Crippen LogP contribution in [0.3, 0.4) is 0 Å². The average molecular weight is 341 g/mol. The number of hydrogen-bond donors (Lipinski definition) is 1. The fourth-order valence-electron chi connectivity index (χ4n) is 2.34. The Hall–Kier alpha value is -2.95. The molecule has 0 saturated carbocycles. The molecule has 0 aliphatic rings. The van der Waals surface area contributed by atoms with Crippen LogP contribution in [-0.4, -0.2) is 26.7 Å². The zero-order valence-electron chi connectivity index (χ0n) is 14.7. The molecule has 0 radical (unpaired) electrons. The van der Waals surface area contributed by atoms with E-state index < -0.39 is 0 Å². The molecule has 0 aromatic heterocycles. The number of nitrogens with one attached hydrogen (secondary N) is 1. The molecule has 25 heavy (non-hydrogen) atoms. The molecule has 0 aliphatic heterocycles. The van der Waals surface area contributed by atoms with E-state index in [1.807, 2.05) is 55.5 Å². The Kier molecular flexibility index (Phi) is 6.89. The van der Waals surface area contributed by atoms with Gasteiger partial charge in [0, 0.05) is 12.1 Å². The van der Waals surface area contributed by atoms with Crippen LogP contribution in [0.4, 0.5) is 0 Å². The Morgan fingerprint density at radius 2 is 1.80 bits per heavy atom. The second-order valence-corrected chi connectivity index (χ2v) is 5.29. The van der Waals surface area contributed by atoms with Gasteiger partial charge in [0.2, 0.25) is 0 Å². The van der Waals surface area contributed by atoms with E-state index in [2.05, 4.69) is 5.32 Å². The molecule has 5 nitrogen and oxygen atoms in total. The number of methoxy groups -OCH3 is 2. The summed E-state index contributed by atoms with van der Waals surface area (Å²) >= 11 is 0. The third kappa shape index (κ3) is 5.28. The molecule has 0 bridgehead atoms. The second-order valence-electron chi connectivity index (χ2n) is 5.29. The summed E-state index contributed by atoms with van der Waals surface area (Å²) < 4.78 is 16.2. The minimum absolute atomic E-state index is 0.0888. The first-order valence-electron chi connectivity index (χ1n) is 8.00. The third-order valence-corrected chi connectivity index (χ3v) is 3.57. The first kappa shape index (κ1) is 18.4. The van der Waals surface area contributed by atoms with Gasteiger partial charge < -0.3 is 19.5 Å². The van der Waals surface area contributed by atoms with Crippen molar-refractivity contribution in [3.63, 3.8) is 0 Å². The van der Waals surface area contributed by atoms with Crippen LogP contribution >= 0.6 is 0 Å². The first-order valence-corrected chi connectivity index (χ1v) is 8.00. The summed E-state index contributed by atoms with van der Waals surface area (Å²) in [5.41, 5.74) is 1.92. The molecule has 0 atom stereocenters. The fourth-order valence-corrected chi connectivity index (χ4v) is 2.34. The molecule has 0 heterocycles. The normalized spacial score (nSPS) is 10.5. The highest BCUT2D eigenvalue weighted by Gasteiger charge is 2.09. The quantitative estimate of drug-likeness (QED) is 0.799. The lowest BCUT2D eigenvalue weighted by molar-refractivity contribution is -0.123. The molecule has 0 fully saturated rings. The van der Waals surface area contributed by atoms with E-state index in [1.165, 1.54) is 0 Å². The molecular weight excluding hydrogens is 318 g/mol. The summed E-state index contributed by atoms with van der Waals surface area (Å²) in [5, 5.41) is 2.82. The minimum Gasteiger partial charge on any atom is -0.496 e. The minimum atomic E-state index is -0.217. The van der Waals surface area contributed by atoms with Gasteiger partial charge in [-0.3, -0.25) is 4.79 Å². The zero-order valence-corrected chi connectivity index (χ0v) is 14.7. The fraction of sp³-hybridized carbons (Fsp3) is 0.250. The van der Waals surface area contributed by atoms with Gasteiger partial charge in [0.25, 0.3) is 5.91 Å². The largest absolute Gasteiger partial charge is 0.496 e. The highest BCUT2D eigenvalue weighted by Crippen LogP contribution is 2.28. The molecule has 132 valence electrons. The maximum absolute atomic E-state index is 12.0. The molecule has 0 aliphatic carbocycles. The van der Waals surface area contributed by atoms with Gasteiger partial charge in [-0.15, -0.1) is 0 Å². The number of rotatable bonds is 8. The molecule has 0 spiro atoms. The van der Waals surface area contributed by atoms with E-state index in [1.54, 1.807) is 20.3 Å². The average Bonchev–Trinajstić information content (AvgIpc) is 2.65. The molecular formula is C20H23NO4. The number of ether oxygens (including phenoxy) is 3. The van der Waals surface area contributed by atoms with Crippen LogP contribution in [0.25, 0.3) is 6.08 Å². The van der Waals surface area contributed by atoms with E-state index in [9.17, 15) is 4.79 Å². The van der Waals surface area contributed by atoms with E-state index in [-0.39, 0.29) is 12.5 Å². The van der Waals surface area contributed by atoms with E-state index in [0.717, 1.165) is 16.9 Å². The lowest BCUT2D eigenvalue weighted by atomic mass is 10.2. The Labute approximate surface area is 148 Å². The van der Waals surface area contributed by atoms with Crippen molar-refractivity contribution >= 4 is 12.0 Å².